The van der Waals surface area contributed by atoms with Crippen molar-refractivity contribution < 1.29 is 0 Å². The first-order chi connectivity index (χ1) is 5.52. The Morgan fingerprint density at radius 3 is 1.77 bits per heavy atom. The standard InChI is InChI=1S/C11H17N.ClH/c1-7-5-8(2)11(10(4)12)9(3)6-7;/h5-6,10H,12H2,1-4H3;1H. The molecule has 0 bridgehead atoms. The molecule has 0 aromatic heterocycles. The van der Waals surface area contributed by atoms with E-state index in [1.54, 1.807) is 0 Å². The highest BCUT2D eigenvalue weighted by atomic mass is 35.5. The summed E-state index contributed by atoms with van der Waals surface area (Å²) in [6, 6.07) is 4.52. The van der Waals surface area contributed by atoms with Crippen LogP contribution >= 0.6 is 12.4 Å². The minimum atomic E-state index is 0. The van der Waals surface area contributed by atoms with Crippen LogP contribution in [0.3, 0.4) is 0 Å². The summed E-state index contributed by atoms with van der Waals surface area (Å²) in [6.45, 7) is 8.40. The summed E-state index contributed by atoms with van der Waals surface area (Å²) in [5, 5.41) is 0. The van der Waals surface area contributed by atoms with Gasteiger partial charge in [0.05, 0.1) is 0 Å². The zero-order chi connectivity index (χ0) is 9.30. The third-order valence-corrected chi connectivity index (χ3v) is 2.19. The molecule has 0 fully saturated rings. The molecule has 1 unspecified atom stereocenters. The maximum Gasteiger partial charge on any atom is 0.0271 e. The van der Waals surface area contributed by atoms with Gasteiger partial charge in [0.15, 0.2) is 0 Å². The Labute approximate surface area is 86.7 Å². The molecule has 2 N–H and O–H groups in total. The molecule has 1 aromatic rings. The number of rotatable bonds is 1. The van der Waals surface area contributed by atoms with Crippen molar-refractivity contribution in [3.8, 4) is 0 Å². The highest BCUT2D eigenvalue weighted by Gasteiger charge is 2.06. The summed E-state index contributed by atoms with van der Waals surface area (Å²) in [6.07, 6.45) is 0. The fourth-order valence-electron chi connectivity index (χ4n) is 1.91. The second-order valence-electron chi connectivity index (χ2n) is 3.60. The molecule has 0 aliphatic heterocycles. The van der Waals surface area contributed by atoms with E-state index in [2.05, 4.69) is 32.9 Å². The molecule has 1 rings (SSSR count). The molecule has 13 heavy (non-hydrogen) atoms. The predicted octanol–water partition coefficient (Wildman–Crippen LogP) is 3.05. The van der Waals surface area contributed by atoms with Gasteiger partial charge in [-0.3, -0.25) is 0 Å². The number of hydrogen-bond donors (Lipinski definition) is 1. The van der Waals surface area contributed by atoms with Crippen molar-refractivity contribution in [1.29, 1.82) is 0 Å². The second kappa shape index (κ2) is 4.64. The monoisotopic (exact) mass is 199 g/mol. The SMILES string of the molecule is Cc1cc(C)c(C(C)N)c(C)c1.Cl. The molecule has 74 valence electrons. The van der Waals surface area contributed by atoms with Crippen LogP contribution in [0.15, 0.2) is 12.1 Å². The third kappa shape index (κ3) is 2.71. The zero-order valence-electron chi connectivity index (χ0n) is 8.72. The fourth-order valence-corrected chi connectivity index (χ4v) is 1.91. The van der Waals surface area contributed by atoms with E-state index < -0.39 is 0 Å². The molecule has 0 spiro atoms. The van der Waals surface area contributed by atoms with Crippen molar-refractivity contribution in [1.82, 2.24) is 0 Å². The van der Waals surface area contributed by atoms with E-state index in [1.165, 1.54) is 22.3 Å². The molecular weight excluding hydrogens is 182 g/mol. The highest BCUT2D eigenvalue weighted by molar-refractivity contribution is 5.85. The van der Waals surface area contributed by atoms with Gasteiger partial charge in [-0.25, -0.2) is 0 Å². The van der Waals surface area contributed by atoms with Crippen LogP contribution in [0, 0.1) is 20.8 Å². The van der Waals surface area contributed by atoms with Crippen molar-refractivity contribution in [2.45, 2.75) is 33.7 Å². The van der Waals surface area contributed by atoms with Gasteiger partial charge in [0.2, 0.25) is 0 Å². The average molecular weight is 200 g/mol. The topological polar surface area (TPSA) is 26.0 Å². The summed E-state index contributed by atoms with van der Waals surface area (Å²) >= 11 is 0. The van der Waals surface area contributed by atoms with E-state index in [1.807, 2.05) is 6.92 Å². The van der Waals surface area contributed by atoms with E-state index in [0.717, 1.165) is 0 Å². The summed E-state index contributed by atoms with van der Waals surface area (Å²) in [4.78, 5) is 0. The summed E-state index contributed by atoms with van der Waals surface area (Å²) < 4.78 is 0. The first kappa shape index (κ1) is 12.5. The Morgan fingerprint density at radius 1 is 1.08 bits per heavy atom. The molecule has 1 nitrogen and oxygen atoms in total. The van der Waals surface area contributed by atoms with Crippen LogP contribution in [0.25, 0.3) is 0 Å². The van der Waals surface area contributed by atoms with Crippen LogP contribution in [-0.4, -0.2) is 0 Å². The van der Waals surface area contributed by atoms with Gasteiger partial charge < -0.3 is 5.73 Å². The Morgan fingerprint density at radius 2 is 1.46 bits per heavy atom. The van der Waals surface area contributed by atoms with Gasteiger partial charge in [-0.05, 0) is 44.4 Å². The molecule has 0 saturated carbocycles. The van der Waals surface area contributed by atoms with Gasteiger partial charge in [-0.1, -0.05) is 17.7 Å². The first-order valence-corrected chi connectivity index (χ1v) is 4.35. The highest BCUT2D eigenvalue weighted by Crippen LogP contribution is 2.21. The normalized spacial score (nSPS) is 12.1. The van der Waals surface area contributed by atoms with Crippen LogP contribution in [0.2, 0.25) is 0 Å². The van der Waals surface area contributed by atoms with Crippen LogP contribution in [0.1, 0.15) is 35.2 Å². The zero-order valence-corrected chi connectivity index (χ0v) is 9.53. The lowest BCUT2D eigenvalue weighted by atomic mass is 9.95. The van der Waals surface area contributed by atoms with E-state index in [-0.39, 0.29) is 18.4 Å². The quantitative estimate of drug-likeness (QED) is 0.740. The predicted molar refractivity (Wildman–Crippen MR) is 60.5 cm³/mol. The maximum absolute atomic E-state index is 5.87. The molecular formula is C11H18ClN. The van der Waals surface area contributed by atoms with Gasteiger partial charge in [-0.15, -0.1) is 12.4 Å². The summed E-state index contributed by atoms with van der Waals surface area (Å²) in [7, 11) is 0. The largest absolute Gasteiger partial charge is 0.324 e. The van der Waals surface area contributed by atoms with Crippen molar-refractivity contribution in [3.63, 3.8) is 0 Å². The van der Waals surface area contributed by atoms with Crippen LogP contribution in [-0.2, 0) is 0 Å². The van der Waals surface area contributed by atoms with Gasteiger partial charge in [-0.2, -0.15) is 0 Å². The van der Waals surface area contributed by atoms with Crippen LogP contribution in [0.4, 0.5) is 0 Å². The molecule has 0 aliphatic rings. The lowest BCUT2D eigenvalue weighted by Gasteiger charge is -2.14. The minimum absolute atomic E-state index is 0. The Balaban J connectivity index is 0.00000144. The lowest BCUT2D eigenvalue weighted by Crippen LogP contribution is -2.09. The molecule has 0 aliphatic carbocycles. The number of nitrogens with two attached hydrogens (primary N) is 1. The minimum Gasteiger partial charge on any atom is -0.324 e. The molecule has 0 radical (unpaired) electrons. The Bertz CT molecular complexity index is 269. The van der Waals surface area contributed by atoms with E-state index in [9.17, 15) is 0 Å². The first-order valence-electron chi connectivity index (χ1n) is 4.35. The van der Waals surface area contributed by atoms with Crippen molar-refractivity contribution in [2.75, 3.05) is 0 Å². The third-order valence-electron chi connectivity index (χ3n) is 2.19. The Hall–Kier alpha value is -0.530. The number of benzene rings is 1. The van der Waals surface area contributed by atoms with Gasteiger partial charge in [0.1, 0.15) is 0 Å². The number of aryl methyl sites for hydroxylation is 3. The molecule has 0 amide bonds. The molecule has 0 saturated heterocycles. The van der Waals surface area contributed by atoms with E-state index >= 15 is 0 Å². The van der Waals surface area contributed by atoms with E-state index in [0.29, 0.717) is 0 Å². The van der Waals surface area contributed by atoms with Gasteiger partial charge in [0, 0.05) is 6.04 Å². The van der Waals surface area contributed by atoms with Crippen molar-refractivity contribution >= 4 is 12.4 Å². The number of hydrogen-bond acceptors (Lipinski definition) is 1. The van der Waals surface area contributed by atoms with Gasteiger partial charge in [0.25, 0.3) is 0 Å². The summed E-state index contributed by atoms with van der Waals surface area (Å²) in [5.41, 5.74) is 11.1. The van der Waals surface area contributed by atoms with E-state index in [4.69, 9.17) is 5.73 Å². The van der Waals surface area contributed by atoms with Crippen molar-refractivity contribution in [2.24, 2.45) is 5.73 Å². The maximum atomic E-state index is 5.87. The second-order valence-corrected chi connectivity index (χ2v) is 3.60. The van der Waals surface area contributed by atoms with Crippen LogP contribution in [0.5, 0.6) is 0 Å². The van der Waals surface area contributed by atoms with Crippen LogP contribution < -0.4 is 5.73 Å². The molecule has 1 aromatic carbocycles. The summed E-state index contributed by atoms with van der Waals surface area (Å²) in [5.74, 6) is 0. The molecule has 0 heterocycles. The lowest BCUT2D eigenvalue weighted by molar-refractivity contribution is 0.800. The fraction of sp³-hybridized carbons (Fsp3) is 0.455. The van der Waals surface area contributed by atoms with Crippen molar-refractivity contribution in [3.05, 3.63) is 34.4 Å². The molecule has 2 heteroatoms. The number of halogens is 1. The Kier molecular flexibility index (Phi) is 4.45. The molecule has 1 atom stereocenters. The average Bonchev–Trinajstić information content (AvgIpc) is 1.82. The smallest absolute Gasteiger partial charge is 0.0271 e. The van der Waals surface area contributed by atoms with Gasteiger partial charge >= 0.3 is 0 Å².